The molecular weight excluding hydrogens is 308 g/mol. The molecule has 2 N–H and O–H groups in total. The Labute approximate surface area is 141 Å². The van der Waals surface area contributed by atoms with Crippen molar-refractivity contribution in [1.82, 2.24) is 0 Å². The van der Waals surface area contributed by atoms with Gasteiger partial charge >= 0.3 is 11.9 Å². The van der Waals surface area contributed by atoms with Gasteiger partial charge in [0.05, 0.1) is 6.42 Å². The smallest absolute Gasteiger partial charge is 0.332 e. The highest BCUT2D eigenvalue weighted by molar-refractivity contribution is 6.00. The molecule has 2 rings (SSSR count). The summed E-state index contributed by atoms with van der Waals surface area (Å²) in [5.41, 5.74) is 0.892. The van der Waals surface area contributed by atoms with Gasteiger partial charge in [0.25, 0.3) is 0 Å². The standard InChI is InChI=1S/C19H22O5/c20-17(14-9-5-2-6-10-14)11-15(13-7-3-1-4-8-13)16(19(23)24)12-18(21)22/h2,5-6,9-10,13H,1,3-4,7-8,11-12H2,(H,21,22)(H,23,24). The Morgan fingerprint density at radius 3 is 2.08 bits per heavy atom. The van der Waals surface area contributed by atoms with Crippen molar-refractivity contribution < 1.29 is 24.6 Å². The summed E-state index contributed by atoms with van der Waals surface area (Å²) in [6.45, 7) is 0. The average Bonchev–Trinajstić information content (AvgIpc) is 2.59. The summed E-state index contributed by atoms with van der Waals surface area (Å²) in [5, 5.41) is 18.5. The third-order valence-electron chi connectivity index (χ3n) is 4.52. The summed E-state index contributed by atoms with van der Waals surface area (Å²) in [5.74, 6) is -2.61. The van der Waals surface area contributed by atoms with Crippen LogP contribution in [-0.2, 0) is 9.59 Å². The maximum Gasteiger partial charge on any atom is 0.332 e. The summed E-state index contributed by atoms with van der Waals surface area (Å²) in [6.07, 6.45) is 4.10. The average molecular weight is 330 g/mol. The lowest BCUT2D eigenvalue weighted by Gasteiger charge is -2.26. The van der Waals surface area contributed by atoms with Gasteiger partial charge in [-0.15, -0.1) is 0 Å². The molecule has 1 aromatic carbocycles. The molecule has 1 saturated carbocycles. The zero-order valence-corrected chi connectivity index (χ0v) is 13.5. The SMILES string of the molecule is O=C(O)CC(C(=O)O)=C(CC(=O)c1ccccc1)C1CCCCC1. The van der Waals surface area contributed by atoms with E-state index in [0.717, 1.165) is 32.1 Å². The molecule has 0 heterocycles. The van der Waals surface area contributed by atoms with Crippen LogP contribution in [0.5, 0.6) is 0 Å². The second kappa shape index (κ2) is 8.43. The van der Waals surface area contributed by atoms with Crippen LogP contribution in [0.3, 0.4) is 0 Å². The van der Waals surface area contributed by atoms with Gasteiger partial charge in [-0.05, 0) is 24.3 Å². The molecule has 0 radical (unpaired) electrons. The van der Waals surface area contributed by atoms with Crippen molar-refractivity contribution in [3.8, 4) is 0 Å². The van der Waals surface area contributed by atoms with Gasteiger partial charge in [-0.1, -0.05) is 49.6 Å². The normalized spacial score (nSPS) is 16.3. The van der Waals surface area contributed by atoms with Crippen LogP contribution < -0.4 is 0 Å². The molecule has 0 saturated heterocycles. The quantitative estimate of drug-likeness (QED) is 0.587. The number of carboxylic acids is 2. The summed E-state index contributed by atoms with van der Waals surface area (Å²) in [6, 6.07) is 8.71. The van der Waals surface area contributed by atoms with E-state index >= 15 is 0 Å². The second-order valence-electron chi connectivity index (χ2n) is 6.18. The molecule has 0 aliphatic heterocycles. The van der Waals surface area contributed by atoms with Crippen molar-refractivity contribution in [2.24, 2.45) is 5.92 Å². The zero-order valence-electron chi connectivity index (χ0n) is 13.5. The molecule has 1 aliphatic carbocycles. The first-order chi connectivity index (χ1) is 11.5. The second-order valence-corrected chi connectivity index (χ2v) is 6.18. The van der Waals surface area contributed by atoms with E-state index in [0.29, 0.717) is 11.1 Å². The van der Waals surface area contributed by atoms with Gasteiger partial charge in [-0.25, -0.2) is 4.79 Å². The predicted molar refractivity (Wildman–Crippen MR) is 88.9 cm³/mol. The molecular formula is C19H22O5. The minimum Gasteiger partial charge on any atom is -0.481 e. The zero-order chi connectivity index (χ0) is 17.5. The predicted octanol–water partition coefficient (Wildman–Crippen LogP) is 3.70. The third kappa shape index (κ3) is 4.78. The molecule has 128 valence electrons. The molecule has 0 aromatic heterocycles. The number of hydrogen-bond donors (Lipinski definition) is 2. The fraction of sp³-hybridized carbons (Fsp3) is 0.421. The monoisotopic (exact) mass is 330 g/mol. The summed E-state index contributed by atoms with van der Waals surface area (Å²) < 4.78 is 0. The first-order valence-corrected chi connectivity index (χ1v) is 8.24. The van der Waals surface area contributed by atoms with E-state index < -0.39 is 18.4 Å². The molecule has 0 amide bonds. The van der Waals surface area contributed by atoms with Crippen molar-refractivity contribution in [2.45, 2.75) is 44.9 Å². The van der Waals surface area contributed by atoms with Crippen molar-refractivity contribution in [1.29, 1.82) is 0 Å². The Balaban J connectivity index is 2.35. The number of carbonyl (C=O) groups is 3. The Morgan fingerprint density at radius 2 is 1.54 bits per heavy atom. The van der Waals surface area contributed by atoms with E-state index in [2.05, 4.69) is 0 Å². The van der Waals surface area contributed by atoms with Gasteiger partial charge < -0.3 is 10.2 Å². The number of Topliss-reactive ketones (excluding diaryl/α,β-unsaturated/α-hetero) is 1. The van der Waals surface area contributed by atoms with E-state index in [9.17, 15) is 19.5 Å². The van der Waals surface area contributed by atoms with Crippen molar-refractivity contribution in [3.63, 3.8) is 0 Å². The molecule has 0 spiro atoms. The lowest BCUT2D eigenvalue weighted by molar-refractivity contribution is -0.139. The summed E-state index contributed by atoms with van der Waals surface area (Å²) in [4.78, 5) is 35.2. The van der Waals surface area contributed by atoms with Gasteiger partial charge in [0, 0.05) is 17.6 Å². The molecule has 1 aliphatic rings. The maximum atomic E-state index is 12.5. The molecule has 5 nitrogen and oxygen atoms in total. The molecule has 1 fully saturated rings. The van der Waals surface area contributed by atoms with E-state index in [1.54, 1.807) is 24.3 Å². The van der Waals surface area contributed by atoms with Crippen LogP contribution in [0.25, 0.3) is 0 Å². The number of carbonyl (C=O) groups excluding carboxylic acids is 1. The number of ketones is 1. The third-order valence-corrected chi connectivity index (χ3v) is 4.52. The summed E-state index contributed by atoms with van der Waals surface area (Å²) >= 11 is 0. The van der Waals surface area contributed by atoms with Gasteiger partial charge in [-0.2, -0.15) is 0 Å². The molecule has 0 atom stereocenters. The van der Waals surface area contributed by atoms with Crippen LogP contribution in [0.15, 0.2) is 41.5 Å². The summed E-state index contributed by atoms with van der Waals surface area (Å²) in [7, 11) is 0. The Hall–Kier alpha value is -2.43. The molecule has 0 bridgehead atoms. The molecule has 1 aromatic rings. The van der Waals surface area contributed by atoms with Crippen LogP contribution in [0.4, 0.5) is 0 Å². The number of allylic oxidation sites excluding steroid dienone is 1. The number of rotatable bonds is 7. The first-order valence-electron chi connectivity index (χ1n) is 8.24. The largest absolute Gasteiger partial charge is 0.481 e. The number of aliphatic carboxylic acids is 2. The van der Waals surface area contributed by atoms with Gasteiger partial charge in [0.2, 0.25) is 0 Å². The maximum absolute atomic E-state index is 12.5. The fourth-order valence-electron chi connectivity index (χ4n) is 3.33. The first kappa shape index (κ1) is 17.9. The van der Waals surface area contributed by atoms with Crippen LogP contribution in [0.1, 0.15) is 55.3 Å². The van der Waals surface area contributed by atoms with Gasteiger partial charge in [0.15, 0.2) is 5.78 Å². The lowest BCUT2D eigenvalue weighted by atomic mass is 9.78. The lowest BCUT2D eigenvalue weighted by Crippen LogP contribution is -2.19. The highest BCUT2D eigenvalue weighted by Crippen LogP contribution is 2.34. The number of benzene rings is 1. The van der Waals surface area contributed by atoms with Crippen LogP contribution >= 0.6 is 0 Å². The van der Waals surface area contributed by atoms with E-state index in [1.807, 2.05) is 6.07 Å². The minimum atomic E-state index is -1.24. The Kier molecular flexibility index (Phi) is 6.29. The van der Waals surface area contributed by atoms with Crippen LogP contribution in [0.2, 0.25) is 0 Å². The van der Waals surface area contributed by atoms with E-state index in [1.165, 1.54) is 0 Å². The Bertz CT molecular complexity index is 639. The van der Waals surface area contributed by atoms with Gasteiger partial charge in [0.1, 0.15) is 0 Å². The van der Waals surface area contributed by atoms with Crippen molar-refractivity contribution in [2.75, 3.05) is 0 Å². The number of hydrogen-bond acceptors (Lipinski definition) is 3. The van der Waals surface area contributed by atoms with Crippen molar-refractivity contribution in [3.05, 3.63) is 47.0 Å². The highest BCUT2D eigenvalue weighted by Gasteiger charge is 2.27. The topological polar surface area (TPSA) is 91.7 Å². The molecule has 5 heteroatoms. The van der Waals surface area contributed by atoms with Crippen molar-refractivity contribution >= 4 is 17.7 Å². The molecule has 24 heavy (non-hydrogen) atoms. The van der Waals surface area contributed by atoms with Crippen LogP contribution in [0, 0.1) is 5.92 Å². The Morgan fingerprint density at radius 1 is 0.917 bits per heavy atom. The van der Waals surface area contributed by atoms with Gasteiger partial charge in [-0.3, -0.25) is 9.59 Å². The van der Waals surface area contributed by atoms with Crippen LogP contribution in [-0.4, -0.2) is 27.9 Å². The van der Waals surface area contributed by atoms with E-state index in [4.69, 9.17) is 5.11 Å². The molecule has 0 unspecified atom stereocenters. The fourth-order valence-corrected chi connectivity index (χ4v) is 3.33. The highest BCUT2D eigenvalue weighted by atomic mass is 16.4. The van der Waals surface area contributed by atoms with E-state index in [-0.39, 0.29) is 23.7 Å². The minimum absolute atomic E-state index is 0.0168. The number of carboxylic acid groups (broad SMARTS) is 2.